The molecule has 2 fully saturated rings. The molecule has 1 aromatic heterocycles. The molecule has 3 aromatic rings. The van der Waals surface area contributed by atoms with E-state index in [1.165, 1.54) is 69.1 Å². The fourth-order valence-electron chi connectivity index (χ4n) is 5.55. The van der Waals surface area contributed by atoms with E-state index in [0.29, 0.717) is 16.7 Å². The summed E-state index contributed by atoms with van der Waals surface area (Å²) in [6.07, 6.45) is 13.6. The van der Waals surface area contributed by atoms with Crippen LogP contribution in [-0.2, 0) is 26.9 Å². The van der Waals surface area contributed by atoms with Gasteiger partial charge in [0.1, 0.15) is 6.29 Å². The van der Waals surface area contributed by atoms with E-state index in [0.717, 1.165) is 57.2 Å². The number of primary amides is 1. The van der Waals surface area contributed by atoms with Crippen molar-refractivity contribution in [2.45, 2.75) is 83.6 Å². The van der Waals surface area contributed by atoms with E-state index in [-0.39, 0.29) is 16.7 Å². The zero-order valence-electron chi connectivity index (χ0n) is 29.7. The second-order valence-corrected chi connectivity index (χ2v) is 15.6. The Morgan fingerprint density at radius 2 is 1.72 bits per heavy atom. The van der Waals surface area contributed by atoms with Crippen molar-refractivity contribution in [2.75, 3.05) is 39.5 Å². The van der Waals surface area contributed by atoms with Crippen LogP contribution < -0.4 is 11.3 Å². The van der Waals surface area contributed by atoms with E-state index in [9.17, 15) is 27.5 Å². The molecule has 5 rings (SSSR count). The van der Waals surface area contributed by atoms with Gasteiger partial charge in [-0.25, -0.2) is 12.9 Å². The molecule has 0 spiro atoms. The van der Waals surface area contributed by atoms with Crippen molar-refractivity contribution in [3.05, 3.63) is 81.8 Å². The number of aldehydes is 1. The fourth-order valence-corrected chi connectivity index (χ4v) is 6.85. The Labute approximate surface area is 297 Å². The molecule has 14 heteroatoms. The summed E-state index contributed by atoms with van der Waals surface area (Å²) in [5.74, 6) is -2.66. The highest BCUT2D eigenvalue weighted by molar-refractivity contribution is 7.81. The molecule has 0 saturated carbocycles. The Kier molecular flexibility index (Phi) is 19.0. The maximum absolute atomic E-state index is 13.6. The van der Waals surface area contributed by atoms with Gasteiger partial charge in [0.15, 0.2) is 0 Å². The normalized spacial score (nSPS) is 17.4. The third-order valence-electron chi connectivity index (χ3n) is 8.45. The van der Waals surface area contributed by atoms with Crippen molar-refractivity contribution in [1.82, 2.24) is 13.8 Å². The van der Waals surface area contributed by atoms with Crippen LogP contribution in [0.5, 0.6) is 0 Å². The number of benzene rings is 2. The minimum absolute atomic E-state index is 0.0745. The molecule has 278 valence electrons. The standard InChI is InChI=1S/C13H20N2O2S.C12H11FNO4P.C6H12O.C5H11N/c1-3-6-14-7-4-11(9-13(14)16)12-5-8-15(10-12)18(2)17;13-11(19(16,17)18)8-3-1-7-2-4-9(12(14)15)6-10(7)5-8;1-2-3-4-5-6-7;1-6-4-2-3-5-6/h4,7,9,12H,3,5-6,8,10H2,1-2H3;1-6,11H,(H2,14,15)(H2,16,17,18);6H,2-5H2,1H3;2-5H2,1H3. The monoisotopic (exact) mass is 736 g/mol. The van der Waals surface area contributed by atoms with Gasteiger partial charge in [0.05, 0.1) is 11.0 Å². The molecule has 0 radical (unpaired) electrons. The molecule has 3 heterocycles. The number of pyridine rings is 1. The number of alkyl halides is 1. The molecule has 3 unspecified atom stereocenters. The van der Waals surface area contributed by atoms with Gasteiger partial charge < -0.3 is 29.8 Å². The van der Waals surface area contributed by atoms with E-state index in [1.54, 1.807) is 23.0 Å². The number of aromatic nitrogens is 1. The summed E-state index contributed by atoms with van der Waals surface area (Å²) in [7, 11) is -3.57. The number of likely N-dealkylation sites (tertiary alicyclic amines) is 1. The SMILES string of the molecule is CCCCCC=O.CCCn1ccc(C2CCN(S(C)=O)C2)cc1=O.CN1CCCC1.NC(=O)c1ccc2ccc(C(F)P(=O)(O)O)cc2c1. The molecule has 2 saturated heterocycles. The van der Waals surface area contributed by atoms with Gasteiger partial charge in [0.2, 0.25) is 11.8 Å². The Bertz CT molecular complexity index is 1640. The van der Waals surface area contributed by atoms with E-state index in [1.807, 2.05) is 16.6 Å². The number of fused-ring (bicyclic) bond motifs is 1. The van der Waals surface area contributed by atoms with Crippen LogP contribution in [0.3, 0.4) is 0 Å². The van der Waals surface area contributed by atoms with Gasteiger partial charge >= 0.3 is 7.60 Å². The highest BCUT2D eigenvalue weighted by Gasteiger charge is 2.30. The number of halogens is 1. The minimum atomic E-state index is -4.85. The van der Waals surface area contributed by atoms with Gasteiger partial charge in [-0.05, 0) is 104 Å². The van der Waals surface area contributed by atoms with Crippen molar-refractivity contribution < 1.29 is 32.5 Å². The number of hydrogen-bond donors (Lipinski definition) is 3. The maximum Gasteiger partial charge on any atom is 0.363 e. The molecule has 11 nitrogen and oxygen atoms in total. The van der Waals surface area contributed by atoms with Gasteiger partial charge in [0, 0.05) is 50.1 Å². The van der Waals surface area contributed by atoms with Crippen LogP contribution in [-0.4, -0.2) is 79.4 Å². The summed E-state index contributed by atoms with van der Waals surface area (Å²) in [6.45, 7) is 9.25. The first-order chi connectivity index (χ1) is 23.7. The van der Waals surface area contributed by atoms with Crippen LogP contribution >= 0.6 is 7.60 Å². The second kappa shape index (κ2) is 22.0. The number of nitrogens with zero attached hydrogens (tertiary/aromatic N) is 3. The molecule has 2 aliphatic heterocycles. The van der Waals surface area contributed by atoms with Crippen molar-refractivity contribution in [3.8, 4) is 0 Å². The molecule has 3 atom stereocenters. The van der Waals surface area contributed by atoms with Crippen molar-refractivity contribution in [2.24, 2.45) is 5.73 Å². The number of aryl methyl sites for hydroxylation is 1. The average molecular weight is 737 g/mol. The van der Waals surface area contributed by atoms with E-state index < -0.39 is 30.4 Å². The number of unbranched alkanes of at least 4 members (excludes halogenated alkanes) is 3. The molecule has 2 aliphatic rings. The molecule has 2 aromatic carbocycles. The average Bonchev–Trinajstić information content (AvgIpc) is 3.78. The summed E-state index contributed by atoms with van der Waals surface area (Å²) in [4.78, 5) is 52.6. The number of amides is 1. The molecule has 0 aliphatic carbocycles. The Morgan fingerprint density at radius 3 is 2.22 bits per heavy atom. The van der Waals surface area contributed by atoms with E-state index >= 15 is 0 Å². The highest BCUT2D eigenvalue weighted by atomic mass is 32.2. The van der Waals surface area contributed by atoms with Crippen LogP contribution in [0.15, 0.2) is 59.5 Å². The lowest BCUT2D eigenvalue weighted by Crippen LogP contribution is -2.23. The van der Waals surface area contributed by atoms with Crippen LogP contribution in [0, 0.1) is 0 Å². The lowest BCUT2D eigenvalue weighted by atomic mass is 10.00. The predicted octanol–water partition coefficient (Wildman–Crippen LogP) is 5.90. The summed E-state index contributed by atoms with van der Waals surface area (Å²) >= 11 is 0. The Balaban J connectivity index is 0.000000258. The number of carbonyl (C=O) groups excluding carboxylic acids is 2. The second-order valence-electron chi connectivity index (χ2n) is 12.6. The molecule has 4 N–H and O–H groups in total. The third-order valence-corrected chi connectivity index (χ3v) is 10.4. The molecule has 50 heavy (non-hydrogen) atoms. The van der Waals surface area contributed by atoms with Crippen LogP contribution in [0.25, 0.3) is 10.8 Å². The van der Waals surface area contributed by atoms with Crippen molar-refractivity contribution in [1.29, 1.82) is 0 Å². The van der Waals surface area contributed by atoms with Gasteiger partial charge in [-0.1, -0.05) is 44.9 Å². The first-order valence-corrected chi connectivity index (χ1v) is 20.3. The van der Waals surface area contributed by atoms with Gasteiger partial charge in [-0.2, -0.15) is 0 Å². The summed E-state index contributed by atoms with van der Waals surface area (Å²) in [5, 5.41) is 1.21. The van der Waals surface area contributed by atoms with Crippen LogP contribution in [0.2, 0.25) is 0 Å². The highest BCUT2D eigenvalue weighted by Crippen LogP contribution is 2.52. The Hall–Kier alpha value is -3.06. The summed E-state index contributed by atoms with van der Waals surface area (Å²) < 4.78 is 39.6. The van der Waals surface area contributed by atoms with Crippen molar-refractivity contribution in [3.63, 3.8) is 0 Å². The quantitative estimate of drug-likeness (QED) is 0.124. The topological polar surface area (TPSA) is 163 Å². The summed E-state index contributed by atoms with van der Waals surface area (Å²) in [6, 6.07) is 12.5. The van der Waals surface area contributed by atoms with E-state index in [2.05, 4.69) is 25.8 Å². The summed E-state index contributed by atoms with van der Waals surface area (Å²) in [5.41, 5.74) is 6.40. The maximum atomic E-state index is 13.6. The number of nitrogens with two attached hydrogens (primary N) is 1. The zero-order chi connectivity index (χ0) is 37.3. The van der Waals surface area contributed by atoms with Gasteiger partial charge in [0.25, 0.3) is 5.56 Å². The fraction of sp³-hybridized carbons (Fsp3) is 0.528. The Morgan fingerprint density at radius 1 is 1.04 bits per heavy atom. The first-order valence-electron chi connectivity index (χ1n) is 17.2. The number of carbonyl (C=O) groups is 2. The number of hydrogen-bond acceptors (Lipinski definition) is 6. The number of rotatable bonds is 11. The van der Waals surface area contributed by atoms with E-state index in [4.69, 9.17) is 15.5 Å². The predicted molar refractivity (Wildman–Crippen MR) is 199 cm³/mol. The van der Waals surface area contributed by atoms with Gasteiger partial charge in [-0.3, -0.25) is 14.2 Å². The van der Waals surface area contributed by atoms with Crippen LogP contribution in [0.4, 0.5) is 4.39 Å². The molecule has 0 bridgehead atoms. The first kappa shape index (κ1) is 43.1. The lowest BCUT2D eigenvalue weighted by molar-refractivity contribution is -0.107. The molecule has 1 amide bonds. The van der Waals surface area contributed by atoms with Crippen molar-refractivity contribution >= 4 is 41.5 Å². The molecular weight excluding hydrogens is 682 g/mol. The molecular formula is C36H54FN4O7PS. The minimum Gasteiger partial charge on any atom is -0.366 e. The van der Waals surface area contributed by atoms with Gasteiger partial charge in [-0.15, -0.1) is 0 Å². The largest absolute Gasteiger partial charge is 0.366 e. The van der Waals surface area contributed by atoms with Crippen LogP contribution in [0.1, 0.15) is 98.5 Å². The lowest BCUT2D eigenvalue weighted by Gasteiger charge is -2.13. The zero-order valence-corrected chi connectivity index (χ0v) is 31.4. The smallest absolute Gasteiger partial charge is 0.363 e. The third kappa shape index (κ3) is 14.7.